The van der Waals surface area contributed by atoms with E-state index in [0.29, 0.717) is 33.9 Å². The van der Waals surface area contributed by atoms with Crippen LogP contribution in [-0.2, 0) is 19.4 Å². The Morgan fingerprint density at radius 1 is 0.675 bits per heavy atom. The van der Waals surface area contributed by atoms with Crippen LogP contribution in [0.5, 0.6) is 0 Å². The lowest BCUT2D eigenvalue weighted by Gasteiger charge is -2.13. The van der Waals surface area contributed by atoms with E-state index < -0.39 is 29.0 Å². The van der Waals surface area contributed by atoms with Gasteiger partial charge in [-0.3, -0.25) is 4.79 Å². The Morgan fingerprint density at radius 2 is 1.10 bits per heavy atom. The molecule has 0 saturated heterocycles. The van der Waals surface area contributed by atoms with Crippen molar-refractivity contribution in [1.82, 2.24) is 29.3 Å². The summed E-state index contributed by atoms with van der Waals surface area (Å²) in [5.74, 6) is 0. The zero-order chi connectivity index (χ0) is 29.0. The first kappa shape index (κ1) is 26.9. The summed E-state index contributed by atoms with van der Waals surface area (Å²) >= 11 is 0. The van der Waals surface area contributed by atoms with E-state index in [2.05, 4.69) is 15.3 Å². The van der Waals surface area contributed by atoms with Crippen LogP contribution in [0.2, 0.25) is 0 Å². The maximum atomic E-state index is 13.3. The van der Waals surface area contributed by atoms with E-state index in [-0.39, 0.29) is 11.4 Å². The highest BCUT2D eigenvalue weighted by Crippen LogP contribution is 2.33. The fourth-order valence-electron chi connectivity index (χ4n) is 4.23. The van der Waals surface area contributed by atoms with Gasteiger partial charge in [0.25, 0.3) is 5.56 Å². The van der Waals surface area contributed by atoms with E-state index in [4.69, 9.17) is 0 Å². The van der Waals surface area contributed by atoms with Crippen molar-refractivity contribution in [2.24, 2.45) is 7.05 Å². The normalized spacial score (nSPS) is 12.2. The summed E-state index contributed by atoms with van der Waals surface area (Å²) in [7, 11) is 1.45. The van der Waals surface area contributed by atoms with E-state index in [0.717, 1.165) is 28.9 Å². The predicted molar refractivity (Wildman–Crippen MR) is 134 cm³/mol. The number of hydrogen-bond donors (Lipinski definition) is 0. The summed E-state index contributed by atoms with van der Waals surface area (Å²) in [5, 5.41) is 13.1. The van der Waals surface area contributed by atoms with Gasteiger partial charge in [0, 0.05) is 29.6 Å². The quantitative estimate of drug-likeness (QED) is 0.249. The largest absolute Gasteiger partial charge is 0.416 e. The summed E-state index contributed by atoms with van der Waals surface area (Å²) < 4.78 is 81.8. The maximum absolute atomic E-state index is 13.3. The van der Waals surface area contributed by atoms with E-state index >= 15 is 0 Å². The highest BCUT2D eigenvalue weighted by Gasteiger charge is 2.31. The molecule has 2 aromatic carbocycles. The van der Waals surface area contributed by atoms with Crippen LogP contribution in [0, 0.1) is 13.8 Å². The predicted octanol–water partition coefficient (Wildman–Crippen LogP) is 6.14. The van der Waals surface area contributed by atoms with Gasteiger partial charge in [-0.2, -0.15) is 41.6 Å². The first-order valence-corrected chi connectivity index (χ1v) is 11.8. The average molecular weight is 558 g/mol. The van der Waals surface area contributed by atoms with Crippen molar-refractivity contribution in [3.8, 4) is 33.9 Å². The lowest BCUT2D eigenvalue weighted by molar-refractivity contribution is -0.138. The number of halogens is 6. The van der Waals surface area contributed by atoms with Gasteiger partial charge in [-0.25, -0.2) is 14.0 Å². The van der Waals surface area contributed by atoms with Crippen molar-refractivity contribution in [2.75, 3.05) is 0 Å². The van der Waals surface area contributed by atoms with Gasteiger partial charge in [0.2, 0.25) is 0 Å². The molecule has 5 rings (SSSR count). The highest BCUT2D eigenvalue weighted by molar-refractivity contribution is 5.63. The molecule has 40 heavy (non-hydrogen) atoms. The van der Waals surface area contributed by atoms with Crippen LogP contribution >= 0.6 is 0 Å². The van der Waals surface area contributed by atoms with Crippen LogP contribution < -0.4 is 5.56 Å². The molecule has 0 saturated carbocycles. The fraction of sp³-hybridized carbons (Fsp3) is 0.185. The molecule has 7 nitrogen and oxygen atoms in total. The van der Waals surface area contributed by atoms with Gasteiger partial charge >= 0.3 is 12.4 Å². The molecule has 0 atom stereocenters. The maximum Gasteiger partial charge on any atom is 0.416 e. The molecular weight excluding hydrogens is 538 g/mol. The number of aromatic nitrogens is 6. The van der Waals surface area contributed by atoms with Gasteiger partial charge in [0.1, 0.15) is 5.69 Å². The lowest BCUT2D eigenvalue weighted by Crippen LogP contribution is -2.27. The van der Waals surface area contributed by atoms with Crippen LogP contribution in [-0.4, -0.2) is 29.3 Å². The minimum Gasteiger partial charge on any atom is -0.265 e. The molecule has 0 aliphatic carbocycles. The zero-order valence-electron chi connectivity index (χ0n) is 21.2. The van der Waals surface area contributed by atoms with E-state index in [1.165, 1.54) is 46.9 Å². The Balaban J connectivity index is 1.59. The first-order chi connectivity index (χ1) is 18.7. The molecular formula is C27H20F6N6O. The number of alkyl halides is 6. The Hall–Kier alpha value is -4.68. The average Bonchev–Trinajstić information content (AvgIpc) is 3.47. The molecule has 0 aliphatic heterocycles. The Bertz CT molecular complexity index is 1760. The van der Waals surface area contributed by atoms with Crippen LogP contribution in [0.4, 0.5) is 26.3 Å². The standard InChI is InChI=1S/C27H20F6N6O/c1-15-12-21(17-4-8-19(9-5-17)26(28,29)30)35-38(15)23-14-34-37(3)25(40)24(23)39-16(2)13-22(36-39)18-6-10-20(11-7-18)27(31,32)33/h4-14H,1-3H3. The minimum absolute atomic E-state index is 0.0818. The van der Waals surface area contributed by atoms with Gasteiger partial charge in [-0.05, 0) is 50.2 Å². The van der Waals surface area contributed by atoms with Gasteiger partial charge in [0.15, 0.2) is 5.69 Å². The molecule has 0 bridgehead atoms. The third-order valence-electron chi connectivity index (χ3n) is 6.32. The number of rotatable bonds is 4. The van der Waals surface area contributed by atoms with Crippen LogP contribution in [0.3, 0.4) is 0 Å². The summed E-state index contributed by atoms with van der Waals surface area (Å²) in [4.78, 5) is 13.3. The lowest BCUT2D eigenvalue weighted by atomic mass is 10.1. The van der Waals surface area contributed by atoms with E-state index in [1.54, 1.807) is 26.0 Å². The molecule has 0 amide bonds. The molecule has 0 fully saturated rings. The number of nitrogens with zero attached hydrogens (tertiary/aromatic N) is 6. The summed E-state index contributed by atoms with van der Waals surface area (Å²) in [6.45, 7) is 3.40. The van der Waals surface area contributed by atoms with Crippen molar-refractivity contribution < 1.29 is 26.3 Å². The monoisotopic (exact) mass is 558 g/mol. The second-order valence-corrected chi connectivity index (χ2v) is 9.12. The molecule has 0 spiro atoms. The zero-order valence-corrected chi connectivity index (χ0v) is 21.2. The third-order valence-corrected chi connectivity index (χ3v) is 6.32. The minimum atomic E-state index is -4.48. The molecule has 13 heteroatoms. The number of hydrogen-bond acceptors (Lipinski definition) is 4. The van der Waals surface area contributed by atoms with E-state index in [9.17, 15) is 31.1 Å². The summed E-state index contributed by atoms with van der Waals surface area (Å²) in [5.41, 5.74) is 0.899. The van der Waals surface area contributed by atoms with Crippen LogP contribution in [0.1, 0.15) is 22.5 Å². The van der Waals surface area contributed by atoms with Crippen molar-refractivity contribution >= 4 is 0 Å². The van der Waals surface area contributed by atoms with Gasteiger partial charge < -0.3 is 0 Å². The van der Waals surface area contributed by atoms with Crippen molar-refractivity contribution in [2.45, 2.75) is 26.2 Å². The highest BCUT2D eigenvalue weighted by atomic mass is 19.4. The second kappa shape index (κ2) is 9.50. The van der Waals surface area contributed by atoms with Crippen LogP contribution in [0.25, 0.3) is 33.9 Å². The molecule has 0 unspecified atom stereocenters. The molecule has 0 radical (unpaired) electrons. The molecule has 206 valence electrons. The molecule has 3 aromatic heterocycles. The van der Waals surface area contributed by atoms with E-state index in [1.807, 2.05) is 0 Å². The number of aryl methyl sites for hydroxylation is 3. The van der Waals surface area contributed by atoms with Gasteiger partial charge in [-0.1, -0.05) is 24.3 Å². The van der Waals surface area contributed by atoms with Crippen molar-refractivity contribution in [3.05, 3.63) is 99.7 Å². The molecule has 0 N–H and O–H groups in total. The Labute approximate surface area is 222 Å². The second-order valence-electron chi connectivity index (χ2n) is 9.12. The van der Waals surface area contributed by atoms with Crippen molar-refractivity contribution in [1.29, 1.82) is 0 Å². The first-order valence-electron chi connectivity index (χ1n) is 11.8. The molecule has 5 aromatic rings. The SMILES string of the molecule is Cc1cc(-c2ccc(C(F)(F)F)cc2)nn1-c1cnn(C)c(=O)c1-n1nc(-c2ccc(C(F)(F)F)cc2)cc1C. The molecule has 3 heterocycles. The number of benzene rings is 2. The van der Waals surface area contributed by atoms with Gasteiger partial charge in [0.05, 0.1) is 28.7 Å². The summed E-state index contributed by atoms with van der Waals surface area (Å²) in [6, 6.07) is 12.4. The smallest absolute Gasteiger partial charge is 0.265 e. The summed E-state index contributed by atoms with van der Waals surface area (Å²) in [6.07, 6.45) is -7.54. The van der Waals surface area contributed by atoms with Crippen molar-refractivity contribution in [3.63, 3.8) is 0 Å². The van der Waals surface area contributed by atoms with Gasteiger partial charge in [-0.15, -0.1) is 0 Å². The molecule has 0 aliphatic rings. The topological polar surface area (TPSA) is 70.5 Å². The Morgan fingerprint density at radius 3 is 1.55 bits per heavy atom. The fourth-order valence-corrected chi connectivity index (χ4v) is 4.23. The third kappa shape index (κ3) is 4.90. The Kier molecular flexibility index (Phi) is 6.39. The van der Waals surface area contributed by atoms with Crippen LogP contribution in [0.15, 0.2) is 71.7 Å².